The van der Waals surface area contributed by atoms with Crippen LogP contribution >= 0.6 is 0 Å². The molecule has 31 heavy (non-hydrogen) atoms. The number of nitrogens with zero attached hydrogens (tertiary/aromatic N) is 2. The molecule has 1 N–H and O–H groups in total. The molecular formula is C25H40N3O3+. The molecule has 1 saturated heterocycles. The first-order valence-electron chi connectivity index (χ1n) is 12.3. The Morgan fingerprint density at radius 1 is 0.968 bits per heavy atom. The fraction of sp³-hybridized carbons (Fsp3) is 0.720. The second kappa shape index (κ2) is 13.5. The van der Waals surface area contributed by atoms with Gasteiger partial charge in [0.25, 0.3) is 6.73 Å². The summed E-state index contributed by atoms with van der Waals surface area (Å²) in [5, 5.41) is 2.91. The Balaban J connectivity index is 1.37. The van der Waals surface area contributed by atoms with E-state index >= 15 is 0 Å². The third kappa shape index (κ3) is 8.98. The monoisotopic (exact) mass is 430 g/mol. The van der Waals surface area contributed by atoms with Crippen molar-refractivity contribution in [2.75, 3.05) is 13.1 Å². The Hall–Kier alpha value is -1.95. The molecule has 0 unspecified atom stereocenters. The molecule has 6 nitrogen and oxygen atoms in total. The van der Waals surface area contributed by atoms with Crippen molar-refractivity contribution in [2.45, 2.75) is 103 Å². The molecular weight excluding hydrogens is 390 g/mol. The summed E-state index contributed by atoms with van der Waals surface area (Å²) in [5.41, 5.74) is 1.04. The number of pyridine rings is 1. The summed E-state index contributed by atoms with van der Waals surface area (Å²) in [6, 6.07) is 4.04. The number of likely N-dealkylation sites (tertiary alicyclic amines) is 1. The highest BCUT2D eigenvalue weighted by molar-refractivity contribution is 5.85. The lowest BCUT2D eigenvalue weighted by atomic mass is 9.99. The second-order valence-corrected chi connectivity index (χ2v) is 9.09. The van der Waals surface area contributed by atoms with Gasteiger partial charge in [-0.1, -0.05) is 57.8 Å². The fourth-order valence-corrected chi connectivity index (χ4v) is 4.48. The standard InChI is InChI=1S/C25H39N3O3/c29-24(20-28-16-10-13-25(28)30)26-19-22-14-17-27(18-15-22)21-31-23-11-8-6-4-2-1-3-5-7-9-12-23/h14-15,17-18,23H,1-13,16,19-21H2/p+1. The summed E-state index contributed by atoms with van der Waals surface area (Å²) in [6.07, 6.45) is 20.3. The van der Waals surface area contributed by atoms with Gasteiger partial charge >= 0.3 is 0 Å². The van der Waals surface area contributed by atoms with Crippen molar-refractivity contribution in [3.63, 3.8) is 0 Å². The van der Waals surface area contributed by atoms with Gasteiger partial charge in [-0.3, -0.25) is 9.59 Å². The van der Waals surface area contributed by atoms with Gasteiger partial charge in [-0.2, -0.15) is 4.57 Å². The van der Waals surface area contributed by atoms with E-state index in [1.807, 2.05) is 24.5 Å². The van der Waals surface area contributed by atoms with Crippen LogP contribution in [0.25, 0.3) is 0 Å². The van der Waals surface area contributed by atoms with Crippen LogP contribution in [-0.4, -0.2) is 35.9 Å². The van der Waals surface area contributed by atoms with Gasteiger partial charge in [-0.25, -0.2) is 0 Å². The molecule has 0 radical (unpaired) electrons. The van der Waals surface area contributed by atoms with Gasteiger partial charge in [0.05, 0.1) is 12.6 Å². The zero-order valence-corrected chi connectivity index (χ0v) is 19.0. The molecule has 0 aromatic carbocycles. The number of carbonyl (C=O) groups excluding carboxylic acids is 2. The van der Waals surface area contributed by atoms with E-state index in [1.54, 1.807) is 4.90 Å². The number of nitrogens with one attached hydrogen (secondary N) is 1. The zero-order valence-electron chi connectivity index (χ0n) is 19.0. The fourth-order valence-electron chi connectivity index (χ4n) is 4.48. The highest BCUT2D eigenvalue weighted by Crippen LogP contribution is 2.18. The van der Waals surface area contributed by atoms with Crippen LogP contribution in [0.3, 0.4) is 0 Å². The van der Waals surface area contributed by atoms with Crippen molar-refractivity contribution in [1.82, 2.24) is 10.2 Å². The Morgan fingerprint density at radius 3 is 2.16 bits per heavy atom. The van der Waals surface area contributed by atoms with E-state index in [9.17, 15) is 9.59 Å². The second-order valence-electron chi connectivity index (χ2n) is 9.09. The highest BCUT2D eigenvalue weighted by Gasteiger charge is 2.22. The number of hydrogen-bond donors (Lipinski definition) is 1. The Labute approximate surface area is 187 Å². The number of ether oxygens (including phenoxy) is 1. The van der Waals surface area contributed by atoms with Crippen LogP contribution < -0.4 is 9.88 Å². The van der Waals surface area contributed by atoms with Crippen molar-refractivity contribution in [2.24, 2.45) is 0 Å². The van der Waals surface area contributed by atoms with Crippen LogP contribution in [0.5, 0.6) is 0 Å². The Bertz CT molecular complexity index is 665. The van der Waals surface area contributed by atoms with E-state index in [2.05, 4.69) is 9.88 Å². The Morgan fingerprint density at radius 2 is 1.58 bits per heavy atom. The predicted molar refractivity (Wildman–Crippen MR) is 120 cm³/mol. The first-order chi connectivity index (χ1) is 15.2. The van der Waals surface area contributed by atoms with E-state index in [0.717, 1.165) is 12.0 Å². The average molecular weight is 431 g/mol. The van der Waals surface area contributed by atoms with E-state index < -0.39 is 0 Å². The Kier molecular flexibility index (Phi) is 10.3. The number of rotatable bonds is 7. The smallest absolute Gasteiger partial charge is 0.252 e. The molecule has 1 aliphatic carbocycles. The van der Waals surface area contributed by atoms with Gasteiger partial charge in [0, 0.05) is 31.6 Å². The largest absolute Gasteiger partial charge is 0.350 e. The molecule has 2 heterocycles. The predicted octanol–water partition coefficient (Wildman–Crippen LogP) is 3.86. The molecule has 2 amide bonds. The molecule has 6 heteroatoms. The lowest BCUT2D eigenvalue weighted by Crippen LogP contribution is -2.38. The maximum absolute atomic E-state index is 12.1. The molecule has 1 aromatic heterocycles. The van der Waals surface area contributed by atoms with Crippen LogP contribution in [0.4, 0.5) is 0 Å². The molecule has 0 bridgehead atoms. The molecule has 3 rings (SSSR count). The molecule has 1 saturated carbocycles. The van der Waals surface area contributed by atoms with Crippen molar-refractivity contribution >= 4 is 11.8 Å². The third-order valence-electron chi connectivity index (χ3n) is 6.47. The zero-order chi connectivity index (χ0) is 21.7. The van der Waals surface area contributed by atoms with Crippen LogP contribution in [-0.2, 0) is 27.6 Å². The van der Waals surface area contributed by atoms with Gasteiger partial charge in [-0.15, -0.1) is 0 Å². The lowest BCUT2D eigenvalue weighted by molar-refractivity contribution is -0.735. The molecule has 1 aromatic rings. The summed E-state index contributed by atoms with van der Waals surface area (Å²) in [5.74, 6) is -0.0183. The molecule has 2 aliphatic rings. The number of carbonyl (C=O) groups is 2. The van der Waals surface area contributed by atoms with Crippen LogP contribution in [0.1, 0.15) is 89.0 Å². The summed E-state index contributed by atoms with van der Waals surface area (Å²) >= 11 is 0. The van der Waals surface area contributed by atoms with Gasteiger partial charge in [0.1, 0.15) is 0 Å². The number of aromatic nitrogens is 1. The SMILES string of the molecule is O=C(CN1CCCC1=O)NCc1cc[n+](COC2CCCCCCCCCCC2)cc1. The summed E-state index contributed by atoms with van der Waals surface area (Å²) in [7, 11) is 0. The van der Waals surface area contributed by atoms with E-state index in [0.29, 0.717) is 32.3 Å². The van der Waals surface area contributed by atoms with Gasteiger partial charge in [0.15, 0.2) is 12.4 Å². The molecule has 0 spiro atoms. The maximum Gasteiger partial charge on any atom is 0.252 e. The van der Waals surface area contributed by atoms with Gasteiger partial charge in [0.2, 0.25) is 11.8 Å². The van der Waals surface area contributed by atoms with Crippen molar-refractivity contribution in [3.8, 4) is 0 Å². The summed E-state index contributed by atoms with van der Waals surface area (Å²) in [6.45, 7) is 1.92. The number of amides is 2. The minimum absolute atomic E-state index is 0.0810. The minimum Gasteiger partial charge on any atom is -0.350 e. The van der Waals surface area contributed by atoms with Crippen molar-refractivity contribution in [1.29, 1.82) is 0 Å². The van der Waals surface area contributed by atoms with E-state index in [4.69, 9.17) is 4.74 Å². The van der Waals surface area contributed by atoms with Crippen LogP contribution in [0, 0.1) is 0 Å². The van der Waals surface area contributed by atoms with E-state index in [-0.39, 0.29) is 18.4 Å². The van der Waals surface area contributed by atoms with Crippen molar-refractivity contribution in [3.05, 3.63) is 30.1 Å². The molecule has 172 valence electrons. The summed E-state index contributed by atoms with van der Waals surface area (Å²) < 4.78 is 8.31. The average Bonchev–Trinajstić information content (AvgIpc) is 3.17. The van der Waals surface area contributed by atoms with E-state index in [1.165, 1.54) is 70.6 Å². The maximum atomic E-state index is 12.1. The molecule has 2 fully saturated rings. The van der Waals surface area contributed by atoms with Crippen LogP contribution in [0.2, 0.25) is 0 Å². The van der Waals surface area contributed by atoms with Crippen molar-refractivity contribution < 1.29 is 18.9 Å². The molecule has 0 atom stereocenters. The topological polar surface area (TPSA) is 62.5 Å². The highest BCUT2D eigenvalue weighted by atomic mass is 16.5. The number of hydrogen-bond acceptors (Lipinski definition) is 3. The van der Waals surface area contributed by atoms with Crippen LogP contribution in [0.15, 0.2) is 24.5 Å². The summed E-state index contributed by atoms with van der Waals surface area (Å²) in [4.78, 5) is 25.3. The quantitative estimate of drug-likeness (QED) is 0.668. The van der Waals surface area contributed by atoms with Gasteiger partial charge < -0.3 is 15.0 Å². The van der Waals surface area contributed by atoms with Gasteiger partial charge in [-0.05, 0) is 24.8 Å². The first kappa shape index (κ1) is 23.7. The first-order valence-corrected chi connectivity index (χ1v) is 12.3. The molecule has 1 aliphatic heterocycles. The minimum atomic E-state index is -0.0992. The lowest BCUT2D eigenvalue weighted by Gasteiger charge is -2.17. The third-order valence-corrected chi connectivity index (χ3v) is 6.47. The normalized spacial score (nSPS) is 19.6.